The van der Waals surface area contributed by atoms with E-state index >= 15 is 0 Å². The van der Waals surface area contributed by atoms with Gasteiger partial charge in [-0.1, -0.05) is 0 Å². The minimum atomic E-state index is -0.393. The minimum absolute atomic E-state index is 0.349. The number of halogens is 2. The van der Waals surface area contributed by atoms with Crippen molar-refractivity contribution < 1.29 is 18.3 Å². The number of ether oxygens (including phenoxy) is 2. The topological polar surface area (TPSA) is 21.7 Å². The summed E-state index contributed by atoms with van der Waals surface area (Å²) in [6, 6.07) is 3.97. The van der Waals surface area contributed by atoms with Gasteiger partial charge in [-0.2, -0.15) is 0 Å². The number of rotatable bonds is 3. The molecule has 1 heterocycles. The molecule has 1 aromatic rings. The van der Waals surface area contributed by atoms with Crippen LogP contribution in [0.5, 0.6) is 0 Å². The van der Waals surface area contributed by atoms with Crippen LogP contribution in [0.25, 0.3) is 0 Å². The Balaban J connectivity index is 1.59. The first-order chi connectivity index (χ1) is 10.1. The molecule has 1 saturated heterocycles. The fourth-order valence-corrected chi connectivity index (χ4v) is 3.33. The Morgan fingerprint density at radius 1 is 1.19 bits per heavy atom. The van der Waals surface area contributed by atoms with E-state index in [-0.39, 0.29) is 11.6 Å². The maximum Gasteiger partial charge on any atom is 0.168 e. The fourth-order valence-electron chi connectivity index (χ4n) is 3.33. The number of nitrogens with zero attached hydrogens (tertiary/aromatic N) is 1. The van der Waals surface area contributed by atoms with Gasteiger partial charge in [0.1, 0.15) is 11.6 Å². The van der Waals surface area contributed by atoms with E-state index in [0.717, 1.165) is 31.7 Å². The zero-order valence-corrected chi connectivity index (χ0v) is 12.3. The summed E-state index contributed by atoms with van der Waals surface area (Å²) in [6.07, 6.45) is 3.64. The molecule has 1 aliphatic heterocycles. The van der Waals surface area contributed by atoms with Gasteiger partial charge >= 0.3 is 0 Å². The predicted octanol–water partition coefficient (Wildman–Crippen LogP) is 3.08. The lowest BCUT2D eigenvalue weighted by Crippen LogP contribution is -2.42. The van der Waals surface area contributed by atoms with Gasteiger partial charge in [0.05, 0.1) is 13.2 Å². The second-order valence-corrected chi connectivity index (χ2v) is 5.99. The quantitative estimate of drug-likeness (QED) is 0.856. The molecule has 0 N–H and O–H groups in total. The maximum atomic E-state index is 13.7. The first-order valence-electron chi connectivity index (χ1n) is 7.50. The van der Waals surface area contributed by atoms with E-state index < -0.39 is 5.82 Å². The zero-order chi connectivity index (χ0) is 14.9. The van der Waals surface area contributed by atoms with Gasteiger partial charge in [0.25, 0.3) is 0 Å². The average molecular weight is 297 g/mol. The predicted molar refractivity (Wildman–Crippen MR) is 74.7 cm³/mol. The first-order valence-corrected chi connectivity index (χ1v) is 7.50. The zero-order valence-electron chi connectivity index (χ0n) is 12.3. The molecule has 0 bridgehead atoms. The summed E-state index contributed by atoms with van der Waals surface area (Å²) in [6.45, 7) is 1.77. The summed E-state index contributed by atoms with van der Waals surface area (Å²) in [7, 11) is 1.96. The molecule has 1 spiro atoms. The second kappa shape index (κ2) is 5.99. The largest absolute Gasteiger partial charge is 0.348 e. The highest BCUT2D eigenvalue weighted by Gasteiger charge is 2.41. The molecular formula is C16H21F2NO2. The van der Waals surface area contributed by atoms with Crippen LogP contribution in [0.15, 0.2) is 18.2 Å². The van der Waals surface area contributed by atoms with E-state index in [9.17, 15) is 8.78 Å². The number of benzene rings is 1. The van der Waals surface area contributed by atoms with Crippen molar-refractivity contribution in [2.75, 3.05) is 20.3 Å². The summed E-state index contributed by atoms with van der Waals surface area (Å²) >= 11 is 0. The van der Waals surface area contributed by atoms with Crippen LogP contribution in [-0.2, 0) is 16.0 Å². The smallest absolute Gasteiger partial charge is 0.168 e. The van der Waals surface area contributed by atoms with Crippen LogP contribution in [0.3, 0.4) is 0 Å². The van der Waals surface area contributed by atoms with Crippen molar-refractivity contribution in [3.8, 4) is 0 Å². The average Bonchev–Trinajstić information content (AvgIpc) is 2.92. The molecule has 0 unspecified atom stereocenters. The molecule has 0 atom stereocenters. The molecule has 0 aromatic heterocycles. The Labute approximate surface area is 123 Å². The lowest BCUT2D eigenvalue weighted by molar-refractivity contribution is -0.183. The lowest BCUT2D eigenvalue weighted by atomic mass is 9.89. The van der Waals surface area contributed by atoms with Crippen LogP contribution in [0, 0.1) is 11.6 Å². The molecule has 1 saturated carbocycles. The Morgan fingerprint density at radius 2 is 1.86 bits per heavy atom. The van der Waals surface area contributed by atoms with Gasteiger partial charge in [-0.05, 0) is 38.1 Å². The van der Waals surface area contributed by atoms with Crippen molar-refractivity contribution in [2.45, 2.75) is 44.1 Å². The van der Waals surface area contributed by atoms with Crippen LogP contribution in [0.4, 0.5) is 8.78 Å². The highest BCUT2D eigenvalue weighted by molar-refractivity contribution is 5.18. The molecular weight excluding hydrogens is 276 g/mol. The van der Waals surface area contributed by atoms with E-state index in [2.05, 4.69) is 4.90 Å². The van der Waals surface area contributed by atoms with Gasteiger partial charge < -0.3 is 9.47 Å². The molecule has 116 valence electrons. The molecule has 0 radical (unpaired) electrons. The minimum Gasteiger partial charge on any atom is -0.348 e. The van der Waals surface area contributed by atoms with Crippen LogP contribution in [0.1, 0.15) is 31.2 Å². The van der Waals surface area contributed by atoms with Gasteiger partial charge in [-0.15, -0.1) is 0 Å². The molecule has 21 heavy (non-hydrogen) atoms. The van der Waals surface area contributed by atoms with Gasteiger partial charge in [-0.3, -0.25) is 4.90 Å². The highest BCUT2D eigenvalue weighted by atomic mass is 19.1. The molecule has 5 heteroatoms. The standard InChI is InChI=1S/C16H21F2NO2/c1-19(11-12-10-13(17)2-3-15(12)18)14-4-6-16(7-5-14)20-8-9-21-16/h2-3,10,14H,4-9,11H2,1H3. The van der Waals surface area contributed by atoms with Crippen molar-refractivity contribution in [3.63, 3.8) is 0 Å². The summed E-state index contributed by atoms with van der Waals surface area (Å²) in [5.41, 5.74) is 0.408. The Morgan fingerprint density at radius 3 is 2.52 bits per heavy atom. The molecule has 2 fully saturated rings. The van der Waals surface area contributed by atoms with Crippen LogP contribution < -0.4 is 0 Å². The van der Waals surface area contributed by atoms with Crippen LogP contribution >= 0.6 is 0 Å². The lowest BCUT2D eigenvalue weighted by Gasteiger charge is -2.39. The molecule has 1 aliphatic carbocycles. The Bertz CT molecular complexity index is 493. The summed E-state index contributed by atoms with van der Waals surface area (Å²) in [5, 5.41) is 0. The maximum absolute atomic E-state index is 13.7. The Kier molecular flexibility index (Phi) is 4.24. The van der Waals surface area contributed by atoms with E-state index in [4.69, 9.17) is 9.47 Å². The van der Waals surface area contributed by atoms with E-state index in [1.807, 2.05) is 7.05 Å². The van der Waals surface area contributed by atoms with Crippen molar-refractivity contribution >= 4 is 0 Å². The monoisotopic (exact) mass is 297 g/mol. The summed E-state index contributed by atoms with van der Waals surface area (Å²) in [5.74, 6) is -1.12. The van der Waals surface area contributed by atoms with Gasteiger partial charge in [0.2, 0.25) is 0 Å². The van der Waals surface area contributed by atoms with E-state index in [1.165, 1.54) is 12.1 Å². The second-order valence-electron chi connectivity index (χ2n) is 5.99. The molecule has 0 amide bonds. The third-order valence-electron chi connectivity index (χ3n) is 4.58. The van der Waals surface area contributed by atoms with E-state index in [1.54, 1.807) is 0 Å². The van der Waals surface area contributed by atoms with Gasteiger partial charge in [0.15, 0.2) is 5.79 Å². The van der Waals surface area contributed by atoms with Gasteiger partial charge in [-0.25, -0.2) is 8.78 Å². The van der Waals surface area contributed by atoms with Gasteiger partial charge in [0, 0.05) is 31.0 Å². The van der Waals surface area contributed by atoms with E-state index in [0.29, 0.717) is 31.4 Å². The van der Waals surface area contributed by atoms with Crippen molar-refractivity contribution in [1.82, 2.24) is 4.90 Å². The molecule has 3 rings (SSSR count). The Hall–Kier alpha value is -1.04. The first kappa shape index (κ1) is 14.9. The highest BCUT2D eigenvalue weighted by Crippen LogP contribution is 2.37. The molecule has 2 aliphatic rings. The van der Waals surface area contributed by atoms with Crippen LogP contribution in [0.2, 0.25) is 0 Å². The molecule has 3 nitrogen and oxygen atoms in total. The van der Waals surface area contributed by atoms with Crippen molar-refractivity contribution in [1.29, 1.82) is 0 Å². The number of hydrogen-bond donors (Lipinski definition) is 0. The summed E-state index contributed by atoms with van der Waals surface area (Å²) < 4.78 is 38.4. The molecule has 1 aromatic carbocycles. The van der Waals surface area contributed by atoms with Crippen molar-refractivity contribution in [3.05, 3.63) is 35.4 Å². The summed E-state index contributed by atoms with van der Waals surface area (Å²) in [4.78, 5) is 2.10. The fraction of sp³-hybridized carbons (Fsp3) is 0.625. The normalized spacial score (nSPS) is 22.3. The SMILES string of the molecule is CN(Cc1cc(F)ccc1F)C1CCC2(CC1)OCCO2. The van der Waals surface area contributed by atoms with Crippen molar-refractivity contribution in [2.24, 2.45) is 0 Å². The van der Waals surface area contributed by atoms with Crippen LogP contribution in [-0.4, -0.2) is 37.0 Å². The third-order valence-corrected chi connectivity index (χ3v) is 4.58. The number of hydrogen-bond acceptors (Lipinski definition) is 3. The third kappa shape index (κ3) is 3.25.